The zero-order valence-electron chi connectivity index (χ0n) is 12.3. The second-order valence-corrected chi connectivity index (χ2v) is 5.96. The van der Waals surface area contributed by atoms with Crippen molar-refractivity contribution in [2.75, 3.05) is 13.2 Å². The molecule has 1 aromatic heterocycles. The average Bonchev–Trinajstić information content (AvgIpc) is 2.84. The molecule has 1 atom stereocenters. The molecule has 1 unspecified atom stereocenters. The highest BCUT2D eigenvalue weighted by molar-refractivity contribution is 6.31. The van der Waals surface area contributed by atoms with Crippen molar-refractivity contribution in [1.82, 2.24) is 4.98 Å². The van der Waals surface area contributed by atoms with Crippen molar-refractivity contribution in [2.24, 2.45) is 5.73 Å². The number of ether oxygens (including phenoxy) is 1. The van der Waals surface area contributed by atoms with Gasteiger partial charge in [0.25, 0.3) is 0 Å². The minimum Gasteiger partial charge on any atom is -0.488 e. The molecule has 7 heteroatoms. The molecule has 0 amide bonds. The van der Waals surface area contributed by atoms with Gasteiger partial charge in [0.05, 0.1) is 11.6 Å². The molecule has 2 heterocycles. The quantitative estimate of drug-likeness (QED) is 0.840. The topological polar surface area (TPSA) is 85.4 Å². The van der Waals surface area contributed by atoms with Crippen LogP contribution >= 0.6 is 11.6 Å². The van der Waals surface area contributed by atoms with Crippen molar-refractivity contribution in [1.29, 1.82) is 0 Å². The van der Waals surface area contributed by atoms with Gasteiger partial charge in [-0.15, -0.1) is 0 Å². The number of ketones is 1. The number of hydrogen-bond acceptors (Lipinski definition) is 5. The first-order valence-electron chi connectivity index (χ1n) is 6.93. The predicted molar refractivity (Wildman–Crippen MR) is 83.1 cm³/mol. The van der Waals surface area contributed by atoms with Crippen LogP contribution in [0.1, 0.15) is 23.0 Å². The third-order valence-electron chi connectivity index (χ3n) is 3.71. The highest BCUT2D eigenvalue weighted by atomic mass is 35.5. The van der Waals surface area contributed by atoms with Gasteiger partial charge < -0.3 is 15.6 Å². The minimum absolute atomic E-state index is 0.0339. The molecule has 2 aromatic rings. The van der Waals surface area contributed by atoms with Gasteiger partial charge in [-0.2, -0.15) is 0 Å². The summed E-state index contributed by atoms with van der Waals surface area (Å²) in [4.78, 5) is 16.2. The first-order chi connectivity index (χ1) is 10.8. The van der Waals surface area contributed by atoms with Crippen LogP contribution in [-0.2, 0) is 5.60 Å². The summed E-state index contributed by atoms with van der Waals surface area (Å²) in [6.45, 7) is 1.40. The number of pyridine rings is 1. The maximum absolute atomic E-state index is 13.4. The molecule has 1 aromatic carbocycles. The number of rotatable bonds is 3. The summed E-state index contributed by atoms with van der Waals surface area (Å²) in [6, 6.07) is 5.56. The molecule has 23 heavy (non-hydrogen) atoms. The van der Waals surface area contributed by atoms with Crippen LogP contribution in [0.15, 0.2) is 24.3 Å². The summed E-state index contributed by atoms with van der Waals surface area (Å²) in [6.07, 6.45) is 0. The third-order valence-corrected chi connectivity index (χ3v) is 4.00. The largest absolute Gasteiger partial charge is 0.488 e. The first kappa shape index (κ1) is 15.9. The Morgan fingerprint density at radius 1 is 1.52 bits per heavy atom. The number of hydrogen-bond donors (Lipinski definition) is 2. The van der Waals surface area contributed by atoms with Crippen LogP contribution in [-0.4, -0.2) is 29.0 Å². The fourth-order valence-corrected chi connectivity index (χ4v) is 2.64. The van der Waals surface area contributed by atoms with Crippen LogP contribution in [0.25, 0.3) is 11.3 Å². The van der Waals surface area contributed by atoms with Gasteiger partial charge in [0.1, 0.15) is 29.4 Å². The molecule has 120 valence electrons. The van der Waals surface area contributed by atoms with Crippen molar-refractivity contribution >= 4 is 17.4 Å². The first-order valence-corrected chi connectivity index (χ1v) is 7.30. The van der Waals surface area contributed by atoms with Crippen LogP contribution in [0.4, 0.5) is 4.39 Å². The van der Waals surface area contributed by atoms with Crippen LogP contribution in [0.5, 0.6) is 5.75 Å². The van der Waals surface area contributed by atoms with E-state index in [1.807, 2.05) is 0 Å². The SMILES string of the molecule is CC1(O)COc2c1cc(C(=O)CN)nc2-c1ccc(F)c(Cl)c1. The predicted octanol–water partition coefficient (Wildman–Crippen LogP) is 2.28. The number of Topliss-reactive ketones (excluding diaryl/α,β-unsaturated/α-hetero) is 1. The Labute approximate surface area is 136 Å². The lowest BCUT2D eigenvalue weighted by molar-refractivity contribution is 0.0350. The number of nitrogens with zero attached hydrogens (tertiary/aromatic N) is 1. The molecule has 0 radical (unpaired) electrons. The lowest BCUT2D eigenvalue weighted by atomic mass is 9.95. The van der Waals surface area contributed by atoms with Gasteiger partial charge in [0, 0.05) is 11.1 Å². The normalized spacial score (nSPS) is 19.3. The van der Waals surface area contributed by atoms with E-state index in [0.29, 0.717) is 22.6 Å². The number of fused-ring (bicyclic) bond motifs is 1. The van der Waals surface area contributed by atoms with Gasteiger partial charge in [-0.25, -0.2) is 9.37 Å². The number of aliphatic hydroxyl groups is 1. The van der Waals surface area contributed by atoms with Gasteiger partial charge >= 0.3 is 0 Å². The smallest absolute Gasteiger partial charge is 0.194 e. The van der Waals surface area contributed by atoms with E-state index in [1.54, 1.807) is 6.92 Å². The summed E-state index contributed by atoms with van der Waals surface area (Å²) in [5, 5.41) is 10.3. The van der Waals surface area contributed by atoms with Crippen molar-refractivity contribution in [3.05, 3.63) is 46.4 Å². The maximum Gasteiger partial charge on any atom is 0.194 e. The number of carbonyl (C=O) groups is 1. The fourth-order valence-electron chi connectivity index (χ4n) is 2.46. The van der Waals surface area contributed by atoms with Gasteiger partial charge in [-0.3, -0.25) is 4.79 Å². The van der Waals surface area contributed by atoms with E-state index in [1.165, 1.54) is 24.3 Å². The number of aromatic nitrogens is 1. The van der Waals surface area contributed by atoms with E-state index in [2.05, 4.69) is 4.98 Å². The van der Waals surface area contributed by atoms with Crippen LogP contribution in [0, 0.1) is 5.82 Å². The highest BCUT2D eigenvalue weighted by Crippen LogP contribution is 2.43. The van der Waals surface area contributed by atoms with Gasteiger partial charge in [-0.05, 0) is 31.2 Å². The van der Waals surface area contributed by atoms with Crippen molar-refractivity contribution in [3.8, 4) is 17.0 Å². The summed E-state index contributed by atoms with van der Waals surface area (Å²) < 4.78 is 18.9. The monoisotopic (exact) mass is 336 g/mol. The van der Waals surface area contributed by atoms with E-state index in [4.69, 9.17) is 22.1 Å². The standard InChI is InChI=1S/C16H14ClFN2O3/c1-16(22)7-23-15-9(16)5-12(13(21)6-19)20-14(15)8-2-3-11(18)10(17)4-8/h2-5,22H,6-7,19H2,1H3. The number of nitrogens with two attached hydrogens (primary N) is 1. The highest BCUT2D eigenvalue weighted by Gasteiger charge is 2.37. The van der Waals surface area contributed by atoms with Crippen molar-refractivity contribution in [2.45, 2.75) is 12.5 Å². The Morgan fingerprint density at radius 2 is 2.26 bits per heavy atom. The number of halogens is 2. The summed E-state index contributed by atoms with van der Waals surface area (Å²) in [7, 11) is 0. The van der Waals surface area contributed by atoms with E-state index in [0.717, 1.165) is 0 Å². The summed E-state index contributed by atoms with van der Waals surface area (Å²) in [5.74, 6) is -0.578. The maximum atomic E-state index is 13.4. The zero-order chi connectivity index (χ0) is 16.8. The molecule has 1 aliphatic rings. The Kier molecular flexibility index (Phi) is 3.83. The number of carbonyl (C=O) groups excluding carboxylic acids is 1. The average molecular weight is 337 g/mol. The molecule has 0 spiro atoms. The molecule has 5 nitrogen and oxygen atoms in total. The van der Waals surface area contributed by atoms with Crippen molar-refractivity contribution in [3.63, 3.8) is 0 Å². The van der Waals surface area contributed by atoms with Crippen LogP contribution < -0.4 is 10.5 Å². The Balaban J connectivity index is 2.25. The molecule has 3 rings (SSSR count). The minimum atomic E-state index is -1.25. The molecule has 0 bridgehead atoms. The summed E-state index contributed by atoms with van der Waals surface area (Å²) in [5.41, 5.74) is 5.51. The second-order valence-electron chi connectivity index (χ2n) is 5.55. The van der Waals surface area contributed by atoms with Gasteiger partial charge in [-0.1, -0.05) is 11.6 Å². The Bertz CT molecular complexity index is 808. The van der Waals surface area contributed by atoms with Crippen LogP contribution in [0.3, 0.4) is 0 Å². The Hall–Kier alpha value is -2.02. The lowest BCUT2D eigenvalue weighted by Crippen LogP contribution is -2.23. The molecular formula is C16H14ClFN2O3. The van der Waals surface area contributed by atoms with E-state index < -0.39 is 11.4 Å². The zero-order valence-corrected chi connectivity index (χ0v) is 13.0. The summed E-state index contributed by atoms with van der Waals surface area (Å²) >= 11 is 5.82. The molecule has 0 fully saturated rings. The second kappa shape index (κ2) is 5.56. The fraction of sp³-hybridized carbons (Fsp3) is 0.250. The Morgan fingerprint density at radius 3 is 2.91 bits per heavy atom. The number of benzene rings is 1. The molecule has 0 saturated carbocycles. The van der Waals surface area contributed by atoms with Gasteiger partial charge in [0.15, 0.2) is 11.5 Å². The van der Waals surface area contributed by atoms with E-state index >= 15 is 0 Å². The van der Waals surface area contributed by atoms with Crippen molar-refractivity contribution < 1.29 is 19.0 Å². The van der Waals surface area contributed by atoms with Crippen LogP contribution in [0.2, 0.25) is 5.02 Å². The molecule has 0 saturated heterocycles. The lowest BCUT2D eigenvalue weighted by Gasteiger charge is -2.15. The molecule has 1 aliphatic heterocycles. The molecule has 3 N–H and O–H groups in total. The van der Waals surface area contributed by atoms with E-state index in [-0.39, 0.29) is 29.7 Å². The molecular weight excluding hydrogens is 323 g/mol. The third kappa shape index (κ3) is 2.69. The molecule has 0 aliphatic carbocycles. The van der Waals surface area contributed by atoms with Gasteiger partial charge in [0.2, 0.25) is 0 Å². The van der Waals surface area contributed by atoms with E-state index in [9.17, 15) is 14.3 Å².